The molecule has 2 aromatic carbocycles. The van der Waals surface area contributed by atoms with E-state index < -0.39 is 0 Å². The molecule has 138 valence electrons. The lowest BCUT2D eigenvalue weighted by molar-refractivity contribution is 0.0945. The van der Waals surface area contributed by atoms with Crippen LogP contribution < -0.4 is 10.1 Å². The lowest BCUT2D eigenvalue weighted by Gasteiger charge is -2.30. The molecule has 0 spiro atoms. The Morgan fingerprint density at radius 2 is 1.96 bits per heavy atom. The van der Waals surface area contributed by atoms with Crippen molar-refractivity contribution in [2.24, 2.45) is 0 Å². The van der Waals surface area contributed by atoms with Crippen molar-refractivity contribution in [2.45, 2.75) is 32.8 Å². The third-order valence-electron chi connectivity index (χ3n) is 5.16. The number of nitrogens with zero attached hydrogens (tertiary/aromatic N) is 1. The van der Waals surface area contributed by atoms with Crippen LogP contribution in [0, 0.1) is 13.8 Å². The molecule has 1 heterocycles. The van der Waals surface area contributed by atoms with Crippen LogP contribution >= 0.6 is 0 Å². The van der Waals surface area contributed by atoms with Crippen LogP contribution in [0.25, 0.3) is 0 Å². The van der Waals surface area contributed by atoms with E-state index in [4.69, 9.17) is 9.26 Å². The molecule has 0 saturated carbocycles. The van der Waals surface area contributed by atoms with E-state index in [9.17, 15) is 4.79 Å². The summed E-state index contributed by atoms with van der Waals surface area (Å²) in [4.78, 5) is 12.7. The van der Waals surface area contributed by atoms with Crippen molar-refractivity contribution >= 4 is 5.91 Å². The molecular weight excluding hydrogens is 340 g/mol. The second kappa shape index (κ2) is 7.27. The van der Waals surface area contributed by atoms with Gasteiger partial charge in [-0.2, -0.15) is 0 Å². The number of carbonyl (C=O) groups excluding carboxylic acids is 1. The molecule has 5 nitrogen and oxygen atoms in total. The summed E-state index contributed by atoms with van der Waals surface area (Å²) in [6, 6.07) is 15.7. The Hall–Kier alpha value is -3.08. The minimum Gasteiger partial charge on any atom is -0.488 e. The molecule has 0 saturated heterocycles. The third-order valence-corrected chi connectivity index (χ3v) is 5.16. The highest BCUT2D eigenvalue weighted by molar-refractivity contribution is 5.96. The number of benzene rings is 2. The number of hydrogen-bond donors (Lipinski definition) is 1. The third kappa shape index (κ3) is 3.45. The van der Waals surface area contributed by atoms with Gasteiger partial charge in [-0.05, 0) is 43.5 Å². The van der Waals surface area contributed by atoms with Gasteiger partial charge in [0.25, 0.3) is 5.91 Å². The first-order valence-electron chi connectivity index (χ1n) is 9.13. The molecule has 0 bridgehead atoms. The van der Waals surface area contributed by atoms with Crippen LogP contribution in [0.5, 0.6) is 5.75 Å². The number of para-hydroxylation sites is 1. The van der Waals surface area contributed by atoms with Crippen LogP contribution in [-0.4, -0.2) is 17.6 Å². The second-order valence-electron chi connectivity index (χ2n) is 6.90. The quantitative estimate of drug-likeness (QED) is 0.721. The SMILES string of the molecule is Cc1noc(C)c1COc1ccccc1C(=O)NCC1Cc2ccccc21. The molecular formula is C22H22N2O3. The molecule has 0 aliphatic heterocycles. The highest BCUT2D eigenvalue weighted by Gasteiger charge is 2.26. The zero-order valence-electron chi connectivity index (χ0n) is 15.5. The Bertz CT molecular complexity index is 958. The van der Waals surface area contributed by atoms with Gasteiger partial charge in [-0.25, -0.2) is 0 Å². The monoisotopic (exact) mass is 362 g/mol. The number of fused-ring (bicyclic) bond motifs is 1. The van der Waals surface area contributed by atoms with E-state index in [-0.39, 0.29) is 5.91 Å². The van der Waals surface area contributed by atoms with Crippen LogP contribution in [0.2, 0.25) is 0 Å². The molecule has 1 atom stereocenters. The fraction of sp³-hybridized carbons (Fsp3) is 0.273. The van der Waals surface area contributed by atoms with E-state index in [0.29, 0.717) is 30.4 Å². The molecule has 4 rings (SSSR count). The summed E-state index contributed by atoms with van der Waals surface area (Å²) in [5, 5.41) is 6.98. The molecule has 5 heteroatoms. The molecule has 3 aromatic rings. The van der Waals surface area contributed by atoms with Gasteiger partial charge in [-0.15, -0.1) is 0 Å². The maximum atomic E-state index is 12.7. The summed E-state index contributed by atoms with van der Waals surface area (Å²) in [6.07, 6.45) is 1.01. The lowest BCUT2D eigenvalue weighted by Crippen LogP contribution is -2.33. The lowest BCUT2D eigenvalue weighted by atomic mass is 9.77. The van der Waals surface area contributed by atoms with Crippen LogP contribution in [0.3, 0.4) is 0 Å². The van der Waals surface area contributed by atoms with Crippen LogP contribution in [0.1, 0.15) is 44.4 Å². The van der Waals surface area contributed by atoms with E-state index in [0.717, 1.165) is 23.4 Å². The molecule has 1 aromatic heterocycles. The summed E-state index contributed by atoms with van der Waals surface area (Å²) in [5.41, 5.74) is 4.96. The van der Waals surface area contributed by atoms with E-state index in [1.807, 2.05) is 38.1 Å². The number of aryl methyl sites for hydroxylation is 2. The zero-order valence-corrected chi connectivity index (χ0v) is 15.5. The fourth-order valence-corrected chi connectivity index (χ4v) is 3.49. The minimum absolute atomic E-state index is 0.117. The van der Waals surface area contributed by atoms with Gasteiger partial charge in [0.1, 0.15) is 18.1 Å². The Morgan fingerprint density at radius 1 is 1.19 bits per heavy atom. The van der Waals surface area contributed by atoms with E-state index >= 15 is 0 Å². The average molecular weight is 362 g/mol. The fourth-order valence-electron chi connectivity index (χ4n) is 3.49. The van der Waals surface area contributed by atoms with Gasteiger partial charge < -0.3 is 14.6 Å². The van der Waals surface area contributed by atoms with E-state index in [2.05, 4.69) is 28.7 Å². The van der Waals surface area contributed by atoms with Crippen molar-refractivity contribution in [3.8, 4) is 5.75 Å². The summed E-state index contributed by atoms with van der Waals surface area (Å²) in [7, 11) is 0. The normalized spacial score (nSPS) is 15.0. The zero-order chi connectivity index (χ0) is 18.8. The summed E-state index contributed by atoms with van der Waals surface area (Å²) < 4.78 is 11.1. The van der Waals surface area contributed by atoms with Gasteiger partial charge >= 0.3 is 0 Å². The maximum absolute atomic E-state index is 12.7. The van der Waals surface area contributed by atoms with Crippen molar-refractivity contribution in [1.29, 1.82) is 0 Å². The molecule has 1 aliphatic rings. The minimum atomic E-state index is -0.117. The molecule has 1 aliphatic carbocycles. The molecule has 0 radical (unpaired) electrons. The summed E-state index contributed by atoms with van der Waals surface area (Å²) >= 11 is 0. The predicted molar refractivity (Wildman–Crippen MR) is 102 cm³/mol. The molecule has 0 fully saturated rings. The van der Waals surface area contributed by atoms with Crippen molar-refractivity contribution in [3.05, 3.63) is 82.2 Å². The van der Waals surface area contributed by atoms with Gasteiger partial charge in [0.05, 0.1) is 16.8 Å². The number of carbonyl (C=O) groups is 1. The Balaban J connectivity index is 1.41. The Kier molecular flexibility index (Phi) is 4.67. The smallest absolute Gasteiger partial charge is 0.255 e. The van der Waals surface area contributed by atoms with Gasteiger partial charge in [-0.3, -0.25) is 4.79 Å². The van der Waals surface area contributed by atoms with Crippen molar-refractivity contribution in [2.75, 3.05) is 6.54 Å². The first kappa shape index (κ1) is 17.3. The van der Waals surface area contributed by atoms with Crippen LogP contribution in [0.4, 0.5) is 0 Å². The second-order valence-corrected chi connectivity index (χ2v) is 6.90. The average Bonchev–Trinajstić information content (AvgIpc) is 2.98. The van der Waals surface area contributed by atoms with Crippen molar-refractivity contribution < 1.29 is 14.1 Å². The topological polar surface area (TPSA) is 64.4 Å². The Morgan fingerprint density at radius 3 is 2.74 bits per heavy atom. The molecule has 27 heavy (non-hydrogen) atoms. The summed E-state index contributed by atoms with van der Waals surface area (Å²) in [6.45, 7) is 4.69. The highest BCUT2D eigenvalue weighted by Crippen LogP contribution is 2.34. The molecule has 1 unspecified atom stereocenters. The van der Waals surface area contributed by atoms with Gasteiger partial charge in [0.15, 0.2) is 0 Å². The first-order valence-corrected chi connectivity index (χ1v) is 9.13. The molecule has 1 amide bonds. The number of amides is 1. The standard InChI is InChI=1S/C22H22N2O3/c1-14-20(15(2)27-24-14)13-26-21-10-6-5-9-19(21)22(25)23-12-17-11-16-7-3-4-8-18(16)17/h3-10,17H,11-13H2,1-2H3,(H,23,25). The molecule has 1 N–H and O–H groups in total. The van der Waals surface area contributed by atoms with E-state index in [1.54, 1.807) is 6.07 Å². The first-order chi connectivity index (χ1) is 13.1. The predicted octanol–water partition coefficient (Wildman–Crippen LogP) is 3.94. The number of aromatic nitrogens is 1. The Labute approximate surface area is 158 Å². The van der Waals surface area contributed by atoms with Crippen molar-refractivity contribution in [3.63, 3.8) is 0 Å². The highest BCUT2D eigenvalue weighted by atomic mass is 16.5. The largest absolute Gasteiger partial charge is 0.488 e. The van der Waals surface area contributed by atoms with Gasteiger partial charge in [-0.1, -0.05) is 41.6 Å². The van der Waals surface area contributed by atoms with Crippen LogP contribution in [0.15, 0.2) is 53.1 Å². The number of hydrogen-bond acceptors (Lipinski definition) is 4. The van der Waals surface area contributed by atoms with Gasteiger partial charge in [0.2, 0.25) is 0 Å². The van der Waals surface area contributed by atoms with Gasteiger partial charge in [0, 0.05) is 12.5 Å². The van der Waals surface area contributed by atoms with E-state index in [1.165, 1.54) is 11.1 Å². The van der Waals surface area contributed by atoms with Crippen LogP contribution in [-0.2, 0) is 13.0 Å². The summed E-state index contributed by atoms with van der Waals surface area (Å²) in [5.74, 6) is 1.57. The number of nitrogens with one attached hydrogen (secondary N) is 1. The van der Waals surface area contributed by atoms with Crippen molar-refractivity contribution in [1.82, 2.24) is 10.5 Å². The number of ether oxygens (including phenoxy) is 1. The number of rotatable bonds is 6. The maximum Gasteiger partial charge on any atom is 0.255 e.